The van der Waals surface area contributed by atoms with Gasteiger partial charge in [-0.3, -0.25) is 0 Å². The van der Waals surface area contributed by atoms with Gasteiger partial charge in [0.05, 0.1) is 25.4 Å². The Morgan fingerprint density at radius 3 is 2.68 bits per heavy atom. The first-order valence-corrected chi connectivity index (χ1v) is 9.18. The van der Waals surface area contributed by atoms with Crippen molar-refractivity contribution in [3.63, 3.8) is 0 Å². The lowest BCUT2D eigenvalue weighted by Crippen LogP contribution is -2.49. The molecule has 0 amide bonds. The van der Waals surface area contributed by atoms with Crippen molar-refractivity contribution in [2.24, 2.45) is 5.92 Å². The number of carbonyl (C=O) groups is 1. The minimum absolute atomic E-state index is 0.0729. The van der Waals surface area contributed by atoms with Gasteiger partial charge in [0.15, 0.2) is 5.76 Å². The fourth-order valence-corrected chi connectivity index (χ4v) is 3.38. The highest BCUT2D eigenvalue weighted by Crippen LogP contribution is 2.32. The number of methoxy groups -OCH3 is 1. The maximum atomic E-state index is 12.1. The lowest BCUT2D eigenvalue weighted by Gasteiger charge is -2.38. The molecule has 0 spiro atoms. The number of carbonyl (C=O) groups excluding carboxylic acids is 1. The molecule has 140 valence electrons. The summed E-state index contributed by atoms with van der Waals surface area (Å²) in [5.74, 6) is 0.943. The van der Waals surface area contributed by atoms with E-state index in [0.29, 0.717) is 18.6 Å². The van der Waals surface area contributed by atoms with Crippen LogP contribution < -0.4 is 5.32 Å². The van der Waals surface area contributed by atoms with Crippen LogP contribution in [-0.2, 0) is 19.0 Å². The van der Waals surface area contributed by atoms with E-state index >= 15 is 0 Å². The molecule has 5 nitrogen and oxygen atoms in total. The van der Waals surface area contributed by atoms with Crippen molar-refractivity contribution in [1.29, 1.82) is 0 Å². The number of hydrogen-bond donors (Lipinski definition) is 1. The molecule has 1 heterocycles. The van der Waals surface area contributed by atoms with Crippen molar-refractivity contribution in [3.05, 3.63) is 35.8 Å². The predicted octanol–water partition coefficient (Wildman–Crippen LogP) is 3.48. The molecule has 1 aliphatic heterocycles. The summed E-state index contributed by atoms with van der Waals surface area (Å²) in [5, 5.41) is 3.58. The van der Waals surface area contributed by atoms with Gasteiger partial charge in [0.25, 0.3) is 0 Å². The van der Waals surface area contributed by atoms with Gasteiger partial charge in [0, 0.05) is 11.3 Å². The highest BCUT2D eigenvalue weighted by atomic mass is 16.6. The minimum atomic E-state index is -0.272. The van der Waals surface area contributed by atoms with Crippen LogP contribution in [0.4, 0.5) is 0 Å². The van der Waals surface area contributed by atoms with Crippen LogP contribution >= 0.6 is 0 Å². The second-order valence-corrected chi connectivity index (χ2v) is 6.72. The molecule has 2 rings (SSSR count). The van der Waals surface area contributed by atoms with E-state index in [-0.39, 0.29) is 30.1 Å². The molecular weight excluding hydrogens is 318 g/mol. The summed E-state index contributed by atoms with van der Waals surface area (Å²) in [6.45, 7) is 10.8. The Bertz CT molecular complexity index is 542. The molecule has 3 atom stereocenters. The van der Waals surface area contributed by atoms with Crippen LogP contribution in [0.5, 0.6) is 0 Å². The average molecular weight is 349 g/mol. The van der Waals surface area contributed by atoms with Crippen molar-refractivity contribution in [1.82, 2.24) is 5.32 Å². The van der Waals surface area contributed by atoms with Crippen molar-refractivity contribution in [3.8, 4) is 0 Å². The van der Waals surface area contributed by atoms with Crippen molar-refractivity contribution >= 4 is 5.97 Å². The number of hydrogen-bond acceptors (Lipinski definition) is 5. The van der Waals surface area contributed by atoms with Crippen molar-refractivity contribution in [2.45, 2.75) is 64.7 Å². The Balaban J connectivity index is 2.29. The summed E-state index contributed by atoms with van der Waals surface area (Å²) in [7, 11) is 1.42. The number of nitrogens with one attached hydrogen (secondary N) is 1. The number of ether oxygens (including phenoxy) is 3. The van der Waals surface area contributed by atoms with E-state index in [0.717, 1.165) is 30.7 Å². The molecule has 0 aromatic heterocycles. The zero-order valence-corrected chi connectivity index (χ0v) is 15.8. The van der Waals surface area contributed by atoms with Gasteiger partial charge in [-0.05, 0) is 44.6 Å². The molecule has 0 unspecified atom stereocenters. The first kappa shape index (κ1) is 19.6. The van der Waals surface area contributed by atoms with Gasteiger partial charge in [-0.25, -0.2) is 4.79 Å². The van der Waals surface area contributed by atoms with Crippen LogP contribution in [0.15, 0.2) is 35.8 Å². The van der Waals surface area contributed by atoms with Gasteiger partial charge in [0.2, 0.25) is 0 Å². The highest BCUT2D eigenvalue weighted by Gasteiger charge is 2.37. The second kappa shape index (κ2) is 9.09. The van der Waals surface area contributed by atoms with Crippen LogP contribution in [0, 0.1) is 5.92 Å². The number of epoxide rings is 1. The monoisotopic (exact) mass is 349 g/mol. The molecule has 1 fully saturated rings. The number of rotatable bonds is 9. The second-order valence-electron chi connectivity index (χ2n) is 6.72. The minimum Gasteiger partial charge on any atom is -0.485 e. The molecule has 0 bridgehead atoms. The van der Waals surface area contributed by atoms with Crippen LogP contribution in [0.25, 0.3) is 0 Å². The van der Waals surface area contributed by atoms with Crippen molar-refractivity contribution in [2.75, 3.05) is 13.7 Å². The molecule has 2 aliphatic rings. The molecule has 25 heavy (non-hydrogen) atoms. The first-order valence-electron chi connectivity index (χ1n) is 9.18. The van der Waals surface area contributed by atoms with E-state index in [1.807, 2.05) is 19.1 Å². The van der Waals surface area contributed by atoms with Gasteiger partial charge >= 0.3 is 5.97 Å². The third-order valence-electron chi connectivity index (χ3n) is 4.98. The fraction of sp³-hybridized carbons (Fsp3) is 0.650. The summed E-state index contributed by atoms with van der Waals surface area (Å²) in [6.07, 6.45) is 7.16. The summed E-state index contributed by atoms with van der Waals surface area (Å²) in [6, 6.07) is 0.0729. The number of esters is 1. The van der Waals surface area contributed by atoms with Crippen molar-refractivity contribution < 1.29 is 19.0 Å². The molecular formula is C20H31NO4. The van der Waals surface area contributed by atoms with E-state index in [2.05, 4.69) is 25.7 Å². The lowest BCUT2D eigenvalue weighted by molar-refractivity contribution is -0.136. The fourth-order valence-electron chi connectivity index (χ4n) is 3.38. The van der Waals surface area contributed by atoms with E-state index in [9.17, 15) is 4.79 Å². The largest absolute Gasteiger partial charge is 0.485 e. The maximum Gasteiger partial charge on any atom is 0.333 e. The molecule has 5 heteroatoms. The Labute approximate surface area is 151 Å². The predicted molar refractivity (Wildman–Crippen MR) is 97.8 cm³/mol. The average Bonchev–Trinajstić information content (AvgIpc) is 3.46. The zero-order valence-electron chi connectivity index (χ0n) is 15.8. The van der Waals surface area contributed by atoms with Gasteiger partial charge in [-0.15, -0.1) is 6.58 Å². The smallest absolute Gasteiger partial charge is 0.333 e. The normalized spacial score (nSPS) is 27.2. The molecule has 1 N–H and O–H groups in total. The van der Waals surface area contributed by atoms with Crippen LogP contribution in [0.2, 0.25) is 0 Å². The standard InChI is InChI=1S/C20H31NO4/c1-6-9-14-10-15(20(22)23-5)11-17(25-16(7-2)8-3)19(14)21-13(4)18-12-24-18/h6,11,14,16-17,19,21H,1,7-10,12H2,2-5H3/b18-13-/t14-,17+,19+/m0/s1. The SMILES string of the molecule is C=CC[C@H]1CC(C(=O)OC)=C[C@@H](OC(CC)CC)[C@@H]1N/C(C)=C1/CO1. The lowest BCUT2D eigenvalue weighted by atomic mass is 9.80. The third kappa shape index (κ3) is 5.11. The Kier molecular flexibility index (Phi) is 7.12. The van der Waals surface area contributed by atoms with E-state index < -0.39 is 0 Å². The Hall–Kier alpha value is -1.75. The summed E-state index contributed by atoms with van der Waals surface area (Å²) in [4.78, 5) is 12.1. The van der Waals surface area contributed by atoms with Gasteiger partial charge in [-0.2, -0.15) is 0 Å². The quantitative estimate of drug-likeness (QED) is 0.392. The van der Waals surface area contributed by atoms with Crippen LogP contribution in [0.3, 0.4) is 0 Å². The third-order valence-corrected chi connectivity index (χ3v) is 4.98. The summed E-state index contributed by atoms with van der Waals surface area (Å²) >= 11 is 0. The first-order chi connectivity index (χ1) is 12.0. The maximum absolute atomic E-state index is 12.1. The summed E-state index contributed by atoms with van der Waals surface area (Å²) in [5.41, 5.74) is 1.74. The van der Waals surface area contributed by atoms with Gasteiger partial charge in [-0.1, -0.05) is 19.9 Å². The van der Waals surface area contributed by atoms with Gasteiger partial charge < -0.3 is 19.5 Å². The Morgan fingerprint density at radius 1 is 1.48 bits per heavy atom. The molecule has 1 saturated heterocycles. The molecule has 0 aromatic rings. The molecule has 0 radical (unpaired) electrons. The van der Waals surface area contributed by atoms with Crippen LogP contribution in [-0.4, -0.2) is 37.9 Å². The van der Waals surface area contributed by atoms with E-state index in [4.69, 9.17) is 14.2 Å². The van der Waals surface area contributed by atoms with Gasteiger partial charge in [0.1, 0.15) is 6.61 Å². The molecule has 1 aliphatic carbocycles. The summed E-state index contributed by atoms with van der Waals surface area (Å²) < 4.78 is 16.6. The molecule has 0 aromatic carbocycles. The number of allylic oxidation sites excluding steroid dienone is 2. The zero-order chi connectivity index (χ0) is 18.4. The highest BCUT2D eigenvalue weighted by molar-refractivity contribution is 5.88. The molecule has 0 saturated carbocycles. The van der Waals surface area contributed by atoms with E-state index in [1.165, 1.54) is 7.11 Å². The van der Waals surface area contributed by atoms with E-state index in [1.54, 1.807) is 0 Å². The Morgan fingerprint density at radius 2 is 2.16 bits per heavy atom. The van der Waals surface area contributed by atoms with Crippen LogP contribution in [0.1, 0.15) is 46.5 Å². The topological polar surface area (TPSA) is 60.1 Å².